The number of benzene rings is 1. The van der Waals surface area contributed by atoms with Gasteiger partial charge in [0.2, 0.25) is 0 Å². The summed E-state index contributed by atoms with van der Waals surface area (Å²) in [6, 6.07) is 6.34. The van der Waals surface area contributed by atoms with Crippen LogP contribution in [0.25, 0.3) is 0 Å². The van der Waals surface area contributed by atoms with Crippen molar-refractivity contribution < 1.29 is 9.18 Å². The predicted octanol–water partition coefficient (Wildman–Crippen LogP) is 2.37. The van der Waals surface area contributed by atoms with Gasteiger partial charge in [-0.1, -0.05) is 12.1 Å². The molecule has 1 rings (SSSR count). The van der Waals surface area contributed by atoms with Gasteiger partial charge in [-0.2, -0.15) is 0 Å². The number of rotatable bonds is 9. The van der Waals surface area contributed by atoms with E-state index in [0.29, 0.717) is 13.0 Å². The average molecular weight is 279 g/mol. The number of hydrazine groups is 1. The Morgan fingerprint density at radius 2 is 1.90 bits per heavy atom. The molecule has 1 aromatic rings. The van der Waals surface area contributed by atoms with Crippen molar-refractivity contribution in [3.63, 3.8) is 0 Å². The second-order valence-corrected chi connectivity index (χ2v) is 4.73. The van der Waals surface area contributed by atoms with Crippen molar-refractivity contribution in [2.75, 3.05) is 0 Å². The van der Waals surface area contributed by atoms with Crippen molar-refractivity contribution in [3.8, 4) is 0 Å². The lowest BCUT2D eigenvalue weighted by Crippen LogP contribution is -2.23. The Hall–Kier alpha value is -1.88. The molecule has 0 aliphatic heterocycles. The Bertz CT molecular complexity index is 443. The number of halogens is 1. The summed E-state index contributed by atoms with van der Waals surface area (Å²) in [4.78, 5) is 10.8. The highest BCUT2D eigenvalue weighted by Crippen LogP contribution is 2.06. The van der Waals surface area contributed by atoms with Gasteiger partial charge in [0.15, 0.2) is 0 Å². The molecule has 0 fully saturated rings. The number of hydrogen-bond donors (Lipinski definition) is 3. The van der Waals surface area contributed by atoms with E-state index in [9.17, 15) is 9.18 Å². The van der Waals surface area contributed by atoms with Crippen LogP contribution in [0.3, 0.4) is 0 Å². The summed E-state index contributed by atoms with van der Waals surface area (Å²) in [7, 11) is 0. The molecule has 4 N–H and O–H groups in total. The van der Waals surface area contributed by atoms with Crippen LogP contribution in [0.2, 0.25) is 0 Å². The third-order valence-electron chi connectivity index (χ3n) is 2.91. The van der Waals surface area contributed by atoms with Crippen LogP contribution in [0.4, 0.5) is 4.39 Å². The van der Waals surface area contributed by atoms with Gasteiger partial charge in [0.25, 0.3) is 0 Å². The zero-order valence-corrected chi connectivity index (χ0v) is 11.8. The van der Waals surface area contributed by atoms with Crippen LogP contribution in [0.15, 0.2) is 36.2 Å². The van der Waals surface area contributed by atoms with Crippen LogP contribution in [0, 0.1) is 5.82 Å². The lowest BCUT2D eigenvalue weighted by atomic mass is 10.1. The van der Waals surface area contributed by atoms with E-state index in [4.69, 9.17) is 5.84 Å². The number of nitrogens with one attached hydrogen (secondary N) is 2. The Morgan fingerprint density at radius 1 is 1.25 bits per heavy atom. The molecule has 0 atom stereocenters. The highest BCUT2D eigenvalue weighted by Gasteiger charge is 1.98. The molecule has 0 heterocycles. The van der Waals surface area contributed by atoms with E-state index in [0.717, 1.165) is 30.5 Å². The maximum absolute atomic E-state index is 12.7. The zero-order chi connectivity index (χ0) is 14.8. The van der Waals surface area contributed by atoms with Gasteiger partial charge < -0.3 is 15.5 Å². The minimum Gasteiger partial charge on any atom is -0.385 e. The Balaban J connectivity index is 2.30. The first-order valence-corrected chi connectivity index (χ1v) is 6.74. The molecule has 110 valence electrons. The minimum atomic E-state index is -0.237. The van der Waals surface area contributed by atoms with Gasteiger partial charge in [-0.25, -0.2) is 4.39 Å². The van der Waals surface area contributed by atoms with E-state index in [2.05, 4.69) is 10.7 Å². The molecule has 1 aromatic carbocycles. The predicted molar refractivity (Wildman–Crippen MR) is 77.8 cm³/mol. The van der Waals surface area contributed by atoms with Crippen LogP contribution in [-0.2, 0) is 11.3 Å². The van der Waals surface area contributed by atoms with E-state index in [1.807, 2.05) is 6.20 Å². The van der Waals surface area contributed by atoms with E-state index in [-0.39, 0.29) is 11.6 Å². The van der Waals surface area contributed by atoms with E-state index in [1.54, 1.807) is 19.1 Å². The highest BCUT2D eigenvalue weighted by atomic mass is 19.1. The summed E-state index contributed by atoms with van der Waals surface area (Å²) < 4.78 is 12.7. The Kier molecular flexibility index (Phi) is 7.35. The normalized spacial score (nSPS) is 11.2. The summed E-state index contributed by atoms with van der Waals surface area (Å²) in [5.41, 5.74) is 4.52. The standard InChI is InChI=1S/C15H22FN3O/c1-12(20)4-2-3-5-15(19-17)11-18-10-13-6-8-14(16)9-7-13/h6-9,11,18-19H,2-5,10,17H2,1H3/b15-11-. The number of Topliss-reactive ketones (excluding diaryl/α,β-unsaturated/α-hetero) is 1. The summed E-state index contributed by atoms with van der Waals surface area (Å²) in [5.74, 6) is 5.42. The summed E-state index contributed by atoms with van der Waals surface area (Å²) >= 11 is 0. The number of nitrogens with two attached hydrogens (primary N) is 1. The lowest BCUT2D eigenvalue weighted by Gasteiger charge is -2.08. The fourth-order valence-corrected chi connectivity index (χ4v) is 1.77. The summed E-state index contributed by atoms with van der Waals surface area (Å²) in [6.45, 7) is 2.21. The third-order valence-corrected chi connectivity index (χ3v) is 2.91. The third kappa shape index (κ3) is 6.89. The van der Waals surface area contributed by atoms with E-state index in [1.165, 1.54) is 12.1 Å². The van der Waals surface area contributed by atoms with Gasteiger partial charge in [-0.3, -0.25) is 5.84 Å². The SMILES string of the molecule is CC(=O)CCCC/C(=C/NCc1ccc(F)cc1)NN. The van der Waals surface area contributed by atoms with Crippen molar-refractivity contribution in [1.29, 1.82) is 0 Å². The number of carbonyl (C=O) groups excluding carboxylic acids is 1. The quantitative estimate of drug-likeness (QED) is 0.369. The smallest absolute Gasteiger partial charge is 0.129 e. The zero-order valence-electron chi connectivity index (χ0n) is 11.8. The van der Waals surface area contributed by atoms with Gasteiger partial charge in [0.05, 0.1) is 0 Å². The lowest BCUT2D eigenvalue weighted by molar-refractivity contribution is -0.117. The molecule has 0 bridgehead atoms. The van der Waals surface area contributed by atoms with Crippen molar-refractivity contribution in [2.45, 2.75) is 39.2 Å². The second kappa shape index (κ2) is 9.09. The van der Waals surface area contributed by atoms with Crippen molar-refractivity contribution in [2.24, 2.45) is 5.84 Å². The van der Waals surface area contributed by atoms with E-state index < -0.39 is 0 Å². The molecule has 20 heavy (non-hydrogen) atoms. The molecule has 0 saturated heterocycles. The number of hydrogen-bond acceptors (Lipinski definition) is 4. The molecular formula is C15H22FN3O. The van der Waals surface area contributed by atoms with Gasteiger partial charge >= 0.3 is 0 Å². The molecule has 0 saturated carbocycles. The van der Waals surface area contributed by atoms with Crippen LogP contribution in [-0.4, -0.2) is 5.78 Å². The van der Waals surface area contributed by atoms with Crippen molar-refractivity contribution in [3.05, 3.63) is 47.5 Å². The summed E-state index contributed by atoms with van der Waals surface area (Å²) in [5, 5.41) is 3.13. The van der Waals surface area contributed by atoms with Gasteiger partial charge in [-0.15, -0.1) is 0 Å². The van der Waals surface area contributed by atoms with Crippen LogP contribution in [0.1, 0.15) is 38.2 Å². The molecule has 0 unspecified atom stereocenters. The molecular weight excluding hydrogens is 257 g/mol. The first-order valence-electron chi connectivity index (χ1n) is 6.74. The highest BCUT2D eigenvalue weighted by molar-refractivity contribution is 5.75. The number of unbranched alkanes of at least 4 members (excludes halogenated alkanes) is 1. The first-order chi connectivity index (χ1) is 9.61. The molecule has 4 nitrogen and oxygen atoms in total. The molecule has 5 heteroatoms. The fourth-order valence-electron chi connectivity index (χ4n) is 1.77. The topological polar surface area (TPSA) is 67.2 Å². The molecule has 0 amide bonds. The minimum absolute atomic E-state index is 0.214. The Labute approximate surface area is 119 Å². The molecule has 0 radical (unpaired) electrons. The van der Waals surface area contributed by atoms with Crippen LogP contribution in [0.5, 0.6) is 0 Å². The summed E-state index contributed by atoms with van der Waals surface area (Å²) in [6.07, 6.45) is 5.00. The maximum atomic E-state index is 12.7. The molecule has 0 spiro atoms. The molecule has 0 aromatic heterocycles. The average Bonchev–Trinajstić information content (AvgIpc) is 2.43. The van der Waals surface area contributed by atoms with Crippen molar-refractivity contribution >= 4 is 5.78 Å². The van der Waals surface area contributed by atoms with Gasteiger partial charge in [-0.05, 0) is 43.9 Å². The van der Waals surface area contributed by atoms with Crippen LogP contribution >= 0.6 is 0 Å². The fraction of sp³-hybridized carbons (Fsp3) is 0.400. The molecule has 0 aliphatic rings. The number of carbonyl (C=O) groups is 1. The van der Waals surface area contributed by atoms with E-state index >= 15 is 0 Å². The van der Waals surface area contributed by atoms with Crippen LogP contribution < -0.4 is 16.6 Å². The van der Waals surface area contributed by atoms with Gasteiger partial charge in [0.1, 0.15) is 11.6 Å². The largest absolute Gasteiger partial charge is 0.385 e. The maximum Gasteiger partial charge on any atom is 0.129 e. The second-order valence-electron chi connectivity index (χ2n) is 4.73. The van der Waals surface area contributed by atoms with Crippen molar-refractivity contribution in [1.82, 2.24) is 10.7 Å². The first kappa shape index (κ1) is 16.2. The van der Waals surface area contributed by atoms with Gasteiger partial charge in [0, 0.05) is 24.9 Å². The monoisotopic (exact) mass is 279 g/mol. The molecule has 0 aliphatic carbocycles. The number of ketones is 1. The Morgan fingerprint density at radius 3 is 2.50 bits per heavy atom. The number of allylic oxidation sites excluding steroid dienone is 1.